The van der Waals surface area contributed by atoms with Crippen LogP contribution >= 0.6 is 0 Å². The molecule has 0 radical (unpaired) electrons. The van der Waals surface area contributed by atoms with Crippen molar-refractivity contribution in [1.82, 2.24) is 4.90 Å². The third kappa shape index (κ3) is 2.66. The van der Waals surface area contributed by atoms with Crippen molar-refractivity contribution in [3.05, 3.63) is 23.8 Å². The second kappa shape index (κ2) is 5.27. The minimum Gasteiger partial charge on any atom is -0.504 e. The maximum Gasteiger partial charge on any atom is 0.326 e. The highest BCUT2D eigenvalue weighted by molar-refractivity contribution is 5.99. The van der Waals surface area contributed by atoms with E-state index in [1.807, 2.05) is 13.8 Å². The molecule has 0 spiro atoms. The maximum atomic E-state index is 12.6. The molecule has 1 saturated heterocycles. The third-order valence-electron chi connectivity index (χ3n) is 4.01. The van der Waals surface area contributed by atoms with Gasteiger partial charge in [-0.1, -0.05) is 19.9 Å². The third-order valence-corrected chi connectivity index (χ3v) is 4.01. The number of hydrogen-bond donors (Lipinski definition) is 3. The van der Waals surface area contributed by atoms with E-state index in [9.17, 15) is 24.9 Å². The molecule has 0 aliphatic carbocycles. The molecule has 1 aliphatic rings. The van der Waals surface area contributed by atoms with Crippen LogP contribution in [0.2, 0.25) is 0 Å². The molecule has 2 rings (SSSR count). The van der Waals surface area contributed by atoms with Crippen molar-refractivity contribution in [3.63, 3.8) is 0 Å². The van der Waals surface area contributed by atoms with E-state index in [0.29, 0.717) is 19.4 Å². The Labute approximate surface area is 122 Å². The predicted molar refractivity (Wildman–Crippen MR) is 75.2 cm³/mol. The second-order valence-electron chi connectivity index (χ2n) is 6.00. The molecule has 1 aromatic carbocycles. The number of phenolic OH excluding ortho intramolecular Hbond substituents is 2. The lowest BCUT2D eigenvalue weighted by molar-refractivity contribution is -0.148. The fourth-order valence-corrected chi connectivity index (χ4v) is 2.94. The zero-order valence-electron chi connectivity index (χ0n) is 12.0. The van der Waals surface area contributed by atoms with Gasteiger partial charge in [-0.05, 0) is 30.4 Å². The van der Waals surface area contributed by atoms with Gasteiger partial charge in [-0.3, -0.25) is 4.79 Å². The lowest BCUT2D eigenvalue weighted by Crippen LogP contribution is -2.56. The zero-order chi connectivity index (χ0) is 15.8. The molecule has 3 N–H and O–H groups in total. The normalized spacial score (nSPS) is 21.0. The highest BCUT2D eigenvalue weighted by Crippen LogP contribution is 2.37. The minimum absolute atomic E-state index is 0.0843. The summed E-state index contributed by atoms with van der Waals surface area (Å²) >= 11 is 0. The van der Waals surface area contributed by atoms with Gasteiger partial charge < -0.3 is 20.2 Å². The number of rotatable bonds is 2. The Morgan fingerprint density at radius 1 is 1.29 bits per heavy atom. The summed E-state index contributed by atoms with van der Waals surface area (Å²) in [6.07, 6.45) is 1.40. The van der Waals surface area contributed by atoms with Gasteiger partial charge in [0.1, 0.15) is 6.04 Å². The van der Waals surface area contributed by atoms with Gasteiger partial charge in [0.15, 0.2) is 11.5 Å². The number of piperidine rings is 1. The average Bonchev–Trinajstić information content (AvgIpc) is 2.39. The van der Waals surface area contributed by atoms with Crippen molar-refractivity contribution in [2.75, 3.05) is 6.54 Å². The van der Waals surface area contributed by atoms with Crippen LogP contribution in [0.15, 0.2) is 18.2 Å². The lowest BCUT2D eigenvalue weighted by atomic mass is 9.76. The van der Waals surface area contributed by atoms with Crippen LogP contribution in [0.5, 0.6) is 11.5 Å². The van der Waals surface area contributed by atoms with E-state index < -0.39 is 34.8 Å². The van der Waals surface area contributed by atoms with Gasteiger partial charge in [-0.2, -0.15) is 0 Å². The first kappa shape index (κ1) is 15.2. The van der Waals surface area contributed by atoms with Crippen molar-refractivity contribution in [3.8, 4) is 11.5 Å². The Balaban J connectivity index is 2.41. The maximum absolute atomic E-state index is 12.6. The lowest BCUT2D eigenvalue weighted by Gasteiger charge is -2.44. The number of benzene rings is 1. The standard InChI is InChI=1S/C15H19NO5/c1-15(2)7-4-8-16(12(15)14(20)21)13(19)9-5-3-6-10(17)11(9)18/h3,5-6,12,17-18H,4,7-8H2,1-2H3,(H,20,21). The smallest absolute Gasteiger partial charge is 0.326 e. The van der Waals surface area contributed by atoms with E-state index in [0.717, 1.165) is 0 Å². The number of likely N-dealkylation sites (tertiary alicyclic amines) is 1. The first-order valence-corrected chi connectivity index (χ1v) is 6.80. The Morgan fingerprint density at radius 3 is 2.57 bits per heavy atom. The fourth-order valence-electron chi connectivity index (χ4n) is 2.94. The number of carboxylic acids is 1. The van der Waals surface area contributed by atoms with Gasteiger partial charge in [0.25, 0.3) is 5.91 Å². The Morgan fingerprint density at radius 2 is 1.95 bits per heavy atom. The van der Waals surface area contributed by atoms with E-state index in [2.05, 4.69) is 0 Å². The number of hydrogen-bond acceptors (Lipinski definition) is 4. The number of carbonyl (C=O) groups excluding carboxylic acids is 1. The van der Waals surface area contributed by atoms with Gasteiger partial charge in [-0.15, -0.1) is 0 Å². The van der Waals surface area contributed by atoms with Crippen LogP contribution < -0.4 is 0 Å². The summed E-state index contributed by atoms with van der Waals surface area (Å²) in [5, 5.41) is 28.8. The molecule has 1 aromatic rings. The molecular formula is C15H19NO5. The topological polar surface area (TPSA) is 98.1 Å². The van der Waals surface area contributed by atoms with E-state index in [-0.39, 0.29) is 5.56 Å². The number of carbonyl (C=O) groups is 2. The molecule has 1 atom stereocenters. The summed E-state index contributed by atoms with van der Waals surface area (Å²) in [6, 6.07) is 3.12. The van der Waals surface area contributed by atoms with Crippen molar-refractivity contribution in [2.24, 2.45) is 5.41 Å². The summed E-state index contributed by atoms with van der Waals surface area (Å²) in [7, 11) is 0. The highest BCUT2D eigenvalue weighted by Gasteiger charge is 2.45. The summed E-state index contributed by atoms with van der Waals surface area (Å²) in [5.41, 5.74) is -0.634. The van der Waals surface area contributed by atoms with Crippen LogP contribution in [0.3, 0.4) is 0 Å². The fraction of sp³-hybridized carbons (Fsp3) is 0.467. The first-order valence-electron chi connectivity index (χ1n) is 6.80. The molecule has 0 bridgehead atoms. The molecule has 6 heteroatoms. The molecule has 1 unspecified atom stereocenters. The molecule has 21 heavy (non-hydrogen) atoms. The molecule has 0 aromatic heterocycles. The van der Waals surface area contributed by atoms with Gasteiger partial charge in [-0.25, -0.2) is 4.79 Å². The first-order chi connectivity index (χ1) is 9.75. The summed E-state index contributed by atoms with van der Waals surface area (Å²) in [5.74, 6) is -2.56. The number of phenols is 2. The minimum atomic E-state index is -1.06. The van der Waals surface area contributed by atoms with Crippen LogP contribution in [0.4, 0.5) is 0 Å². The Bertz CT molecular complexity index is 581. The van der Waals surface area contributed by atoms with Gasteiger partial charge in [0.05, 0.1) is 5.56 Å². The average molecular weight is 293 g/mol. The second-order valence-corrected chi connectivity index (χ2v) is 6.00. The summed E-state index contributed by atoms with van der Waals surface area (Å²) < 4.78 is 0. The Hall–Kier alpha value is -2.24. The van der Waals surface area contributed by atoms with E-state index in [1.165, 1.54) is 23.1 Å². The monoisotopic (exact) mass is 293 g/mol. The molecule has 114 valence electrons. The number of nitrogens with zero attached hydrogens (tertiary/aromatic N) is 1. The Kier molecular flexibility index (Phi) is 3.80. The number of aliphatic carboxylic acids is 1. The molecule has 1 amide bonds. The zero-order valence-corrected chi connectivity index (χ0v) is 12.0. The van der Waals surface area contributed by atoms with Crippen molar-refractivity contribution < 1.29 is 24.9 Å². The highest BCUT2D eigenvalue weighted by atomic mass is 16.4. The van der Waals surface area contributed by atoms with Gasteiger partial charge in [0.2, 0.25) is 0 Å². The largest absolute Gasteiger partial charge is 0.504 e. The van der Waals surface area contributed by atoms with Crippen LogP contribution in [-0.4, -0.2) is 44.7 Å². The van der Waals surface area contributed by atoms with E-state index >= 15 is 0 Å². The molecule has 1 fully saturated rings. The number of carboxylic acid groups (broad SMARTS) is 1. The van der Waals surface area contributed by atoms with Crippen molar-refractivity contribution in [2.45, 2.75) is 32.7 Å². The predicted octanol–water partition coefficient (Wildman–Crippen LogP) is 1.81. The van der Waals surface area contributed by atoms with Crippen LogP contribution in [-0.2, 0) is 4.79 Å². The summed E-state index contributed by atoms with van der Waals surface area (Å²) in [6.45, 7) is 3.94. The SMILES string of the molecule is CC1(C)CCCN(C(=O)c2cccc(O)c2O)C1C(=O)O. The molecular weight excluding hydrogens is 274 g/mol. The van der Waals surface area contributed by atoms with Crippen LogP contribution in [0.25, 0.3) is 0 Å². The van der Waals surface area contributed by atoms with Gasteiger partial charge in [0, 0.05) is 6.54 Å². The molecule has 1 heterocycles. The quantitative estimate of drug-likeness (QED) is 0.722. The number of para-hydroxylation sites is 1. The van der Waals surface area contributed by atoms with Crippen LogP contribution in [0.1, 0.15) is 37.0 Å². The van der Waals surface area contributed by atoms with Crippen molar-refractivity contribution in [1.29, 1.82) is 0 Å². The van der Waals surface area contributed by atoms with Crippen LogP contribution in [0, 0.1) is 5.41 Å². The van der Waals surface area contributed by atoms with E-state index in [4.69, 9.17) is 0 Å². The molecule has 1 aliphatic heterocycles. The summed E-state index contributed by atoms with van der Waals surface area (Å²) in [4.78, 5) is 25.4. The number of aromatic hydroxyl groups is 2. The molecule has 6 nitrogen and oxygen atoms in total. The van der Waals surface area contributed by atoms with Gasteiger partial charge >= 0.3 is 5.97 Å². The molecule has 0 saturated carbocycles. The van der Waals surface area contributed by atoms with E-state index in [1.54, 1.807) is 0 Å². The number of amides is 1. The van der Waals surface area contributed by atoms with Crippen molar-refractivity contribution >= 4 is 11.9 Å².